The maximum Gasteiger partial charge on any atom is 0.274 e. The Bertz CT molecular complexity index is 1240. The minimum absolute atomic E-state index is 0.265. The van der Waals surface area contributed by atoms with Crippen molar-refractivity contribution in [3.05, 3.63) is 66.5 Å². The van der Waals surface area contributed by atoms with Crippen LogP contribution in [0.15, 0.2) is 55.1 Å². The number of amides is 1. The average molecular weight is 399 g/mol. The van der Waals surface area contributed by atoms with Gasteiger partial charge < -0.3 is 9.88 Å². The number of hydrogen-bond acceptors (Lipinski definition) is 5. The van der Waals surface area contributed by atoms with Crippen LogP contribution in [0.5, 0.6) is 0 Å². The molecule has 30 heavy (non-hydrogen) atoms. The van der Waals surface area contributed by atoms with Gasteiger partial charge in [-0.05, 0) is 49.6 Å². The van der Waals surface area contributed by atoms with E-state index in [0.717, 1.165) is 41.1 Å². The predicted octanol–water partition coefficient (Wildman–Crippen LogP) is 3.64. The molecule has 150 valence electrons. The second-order valence-corrected chi connectivity index (χ2v) is 7.52. The fraction of sp³-hybridized carbons (Fsp3) is 0.227. The van der Waals surface area contributed by atoms with Crippen LogP contribution in [0.3, 0.4) is 0 Å². The van der Waals surface area contributed by atoms with Crippen molar-refractivity contribution in [1.29, 1.82) is 0 Å². The SMILES string of the molecule is Cc1c(-c2ccnc(C(=O)Nc3cccc(-c4nncn4C4CC4)c3)c2)cnn1C. The maximum atomic E-state index is 12.8. The summed E-state index contributed by atoms with van der Waals surface area (Å²) in [6, 6.07) is 11.8. The summed E-state index contributed by atoms with van der Waals surface area (Å²) in [7, 11) is 1.89. The number of carbonyl (C=O) groups excluding carboxylic acids is 1. The van der Waals surface area contributed by atoms with Crippen molar-refractivity contribution in [3.63, 3.8) is 0 Å². The number of hydrogen-bond donors (Lipinski definition) is 1. The van der Waals surface area contributed by atoms with Gasteiger partial charge in [-0.1, -0.05) is 12.1 Å². The molecule has 3 aromatic heterocycles. The highest BCUT2D eigenvalue weighted by molar-refractivity contribution is 6.03. The lowest BCUT2D eigenvalue weighted by molar-refractivity contribution is 0.102. The summed E-state index contributed by atoms with van der Waals surface area (Å²) < 4.78 is 3.91. The molecule has 5 rings (SSSR count). The zero-order valence-corrected chi connectivity index (χ0v) is 16.8. The molecule has 0 spiro atoms. The first-order valence-corrected chi connectivity index (χ1v) is 9.86. The van der Waals surface area contributed by atoms with Gasteiger partial charge >= 0.3 is 0 Å². The first kappa shape index (κ1) is 18.2. The topological polar surface area (TPSA) is 90.5 Å². The van der Waals surface area contributed by atoms with Crippen molar-refractivity contribution in [2.45, 2.75) is 25.8 Å². The molecule has 0 aliphatic heterocycles. The number of aryl methyl sites for hydroxylation is 1. The standard InChI is InChI=1S/C22H21N7O/c1-14-19(12-25-28(14)2)15-8-9-23-20(11-15)22(30)26-17-5-3-4-16(10-17)21-27-24-13-29(21)18-6-7-18/h3-5,8-13,18H,6-7H2,1-2H3,(H,26,30). The molecule has 0 saturated heterocycles. The Kier molecular flexibility index (Phi) is 4.39. The van der Waals surface area contributed by atoms with Crippen LogP contribution in [-0.2, 0) is 7.05 Å². The molecule has 0 atom stereocenters. The van der Waals surface area contributed by atoms with E-state index in [1.54, 1.807) is 29.5 Å². The minimum atomic E-state index is -0.265. The molecular formula is C22H21N7O. The van der Waals surface area contributed by atoms with E-state index in [-0.39, 0.29) is 5.91 Å². The smallest absolute Gasteiger partial charge is 0.274 e. The van der Waals surface area contributed by atoms with Gasteiger partial charge in [0.15, 0.2) is 5.82 Å². The van der Waals surface area contributed by atoms with E-state index >= 15 is 0 Å². The van der Waals surface area contributed by atoms with Crippen LogP contribution in [0.4, 0.5) is 5.69 Å². The molecule has 8 nitrogen and oxygen atoms in total. The van der Waals surface area contributed by atoms with E-state index < -0.39 is 0 Å². The fourth-order valence-corrected chi connectivity index (χ4v) is 3.50. The zero-order valence-electron chi connectivity index (χ0n) is 16.8. The maximum absolute atomic E-state index is 12.8. The number of nitrogens with one attached hydrogen (secondary N) is 1. The molecule has 1 aliphatic carbocycles. The quantitative estimate of drug-likeness (QED) is 0.553. The molecule has 4 aromatic rings. The Balaban J connectivity index is 1.39. The fourth-order valence-electron chi connectivity index (χ4n) is 3.50. The van der Waals surface area contributed by atoms with Gasteiger partial charge in [0.25, 0.3) is 5.91 Å². The number of nitrogens with zero attached hydrogens (tertiary/aromatic N) is 6. The first-order chi connectivity index (χ1) is 14.6. The summed E-state index contributed by atoms with van der Waals surface area (Å²) in [5.41, 5.74) is 4.88. The number of benzene rings is 1. The van der Waals surface area contributed by atoms with Gasteiger partial charge in [0.2, 0.25) is 0 Å². The second kappa shape index (κ2) is 7.22. The molecule has 1 fully saturated rings. The Morgan fingerprint density at radius 2 is 2.03 bits per heavy atom. The van der Waals surface area contributed by atoms with Gasteiger partial charge in [0.1, 0.15) is 12.0 Å². The number of carbonyl (C=O) groups is 1. The van der Waals surface area contributed by atoms with Gasteiger partial charge in [-0.15, -0.1) is 10.2 Å². The van der Waals surface area contributed by atoms with Gasteiger partial charge in [-0.25, -0.2) is 0 Å². The van der Waals surface area contributed by atoms with Crippen molar-refractivity contribution >= 4 is 11.6 Å². The van der Waals surface area contributed by atoms with E-state index in [9.17, 15) is 4.79 Å². The summed E-state index contributed by atoms with van der Waals surface area (Å²) in [6.45, 7) is 1.99. The van der Waals surface area contributed by atoms with Gasteiger partial charge in [0, 0.05) is 41.8 Å². The number of anilines is 1. The molecule has 1 saturated carbocycles. The molecule has 1 amide bonds. The highest BCUT2D eigenvalue weighted by atomic mass is 16.1. The molecule has 1 aromatic carbocycles. The van der Waals surface area contributed by atoms with Crippen molar-refractivity contribution in [2.24, 2.45) is 7.05 Å². The van der Waals surface area contributed by atoms with Crippen LogP contribution >= 0.6 is 0 Å². The Morgan fingerprint density at radius 1 is 1.17 bits per heavy atom. The molecule has 3 heterocycles. The first-order valence-electron chi connectivity index (χ1n) is 9.86. The highest BCUT2D eigenvalue weighted by Gasteiger charge is 2.26. The van der Waals surface area contributed by atoms with Crippen LogP contribution in [0.25, 0.3) is 22.5 Å². The number of pyridine rings is 1. The largest absolute Gasteiger partial charge is 0.321 e. The second-order valence-electron chi connectivity index (χ2n) is 7.52. The third-order valence-electron chi connectivity index (χ3n) is 5.43. The lowest BCUT2D eigenvalue weighted by Gasteiger charge is -2.09. The van der Waals surface area contributed by atoms with Gasteiger partial charge in [-0.3, -0.25) is 14.5 Å². The molecule has 1 aliphatic rings. The minimum Gasteiger partial charge on any atom is -0.321 e. The Morgan fingerprint density at radius 3 is 2.80 bits per heavy atom. The van der Waals surface area contributed by atoms with Crippen molar-refractivity contribution < 1.29 is 4.79 Å². The van der Waals surface area contributed by atoms with E-state index in [1.807, 2.05) is 44.3 Å². The molecule has 8 heteroatoms. The molecule has 0 radical (unpaired) electrons. The Labute approximate surface area is 173 Å². The van der Waals surface area contributed by atoms with E-state index in [1.165, 1.54) is 0 Å². The summed E-state index contributed by atoms with van der Waals surface area (Å²) in [5, 5.41) is 15.5. The normalized spacial score (nSPS) is 13.4. The summed E-state index contributed by atoms with van der Waals surface area (Å²) >= 11 is 0. The molecule has 0 bridgehead atoms. The molecule has 0 unspecified atom stereocenters. The number of rotatable bonds is 5. The van der Waals surface area contributed by atoms with Crippen molar-refractivity contribution in [1.82, 2.24) is 29.5 Å². The lowest BCUT2D eigenvalue weighted by atomic mass is 10.1. The van der Waals surface area contributed by atoms with E-state index in [2.05, 4.69) is 30.2 Å². The van der Waals surface area contributed by atoms with E-state index in [4.69, 9.17) is 0 Å². The van der Waals surface area contributed by atoms with Crippen LogP contribution in [0.2, 0.25) is 0 Å². The van der Waals surface area contributed by atoms with Crippen LogP contribution in [0.1, 0.15) is 35.1 Å². The average Bonchev–Trinajstić information content (AvgIpc) is 3.39. The number of aromatic nitrogens is 6. The van der Waals surface area contributed by atoms with Crippen LogP contribution < -0.4 is 5.32 Å². The van der Waals surface area contributed by atoms with Crippen LogP contribution in [0, 0.1) is 6.92 Å². The summed E-state index contributed by atoms with van der Waals surface area (Å²) in [5.74, 6) is 0.556. The Hall–Kier alpha value is -3.81. The highest BCUT2D eigenvalue weighted by Crippen LogP contribution is 2.37. The molecule has 1 N–H and O–H groups in total. The zero-order chi connectivity index (χ0) is 20.7. The lowest BCUT2D eigenvalue weighted by Crippen LogP contribution is -2.13. The van der Waals surface area contributed by atoms with Crippen molar-refractivity contribution in [2.75, 3.05) is 5.32 Å². The monoisotopic (exact) mass is 399 g/mol. The summed E-state index contributed by atoms with van der Waals surface area (Å²) in [4.78, 5) is 17.1. The van der Waals surface area contributed by atoms with E-state index in [0.29, 0.717) is 17.4 Å². The third kappa shape index (κ3) is 3.36. The third-order valence-corrected chi connectivity index (χ3v) is 5.43. The predicted molar refractivity (Wildman–Crippen MR) is 113 cm³/mol. The van der Waals surface area contributed by atoms with Crippen molar-refractivity contribution in [3.8, 4) is 22.5 Å². The summed E-state index contributed by atoms with van der Waals surface area (Å²) in [6.07, 6.45) is 7.52. The van der Waals surface area contributed by atoms with Gasteiger partial charge in [-0.2, -0.15) is 5.10 Å². The van der Waals surface area contributed by atoms with Gasteiger partial charge in [0.05, 0.1) is 6.20 Å². The molecular weight excluding hydrogens is 378 g/mol. The van der Waals surface area contributed by atoms with Crippen LogP contribution in [-0.4, -0.2) is 35.4 Å².